The van der Waals surface area contributed by atoms with Gasteiger partial charge in [-0.2, -0.15) is 0 Å². The Balaban J connectivity index is 2.32. The van der Waals surface area contributed by atoms with Crippen molar-refractivity contribution in [3.63, 3.8) is 0 Å². The first kappa shape index (κ1) is 20.2. The Kier molecular flexibility index (Phi) is 9.85. The smallest absolute Gasteiger partial charge is 0.305 e. The molecule has 2 amide bonds. The van der Waals surface area contributed by atoms with Crippen molar-refractivity contribution >= 4 is 17.8 Å². The molecule has 1 N–H and O–H groups in total. The predicted octanol–water partition coefficient (Wildman–Crippen LogP) is -0.201. The van der Waals surface area contributed by atoms with E-state index in [2.05, 4.69) is 0 Å². The van der Waals surface area contributed by atoms with Crippen molar-refractivity contribution in [2.45, 2.75) is 19.6 Å². The summed E-state index contributed by atoms with van der Waals surface area (Å²) in [6.07, 6.45) is 1.06. The summed E-state index contributed by atoms with van der Waals surface area (Å²) in [5.41, 5.74) is 0. The summed E-state index contributed by atoms with van der Waals surface area (Å²) in [5.74, 6) is -2.07. The summed E-state index contributed by atoms with van der Waals surface area (Å²) in [5, 5.41) is 8.63. The molecule has 0 radical (unpaired) electrons. The van der Waals surface area contributed by atoms with E-state index in [0.717, 1.165) is 17.1 Å². The van der Waals surface area contributed by atoms with E-state index in [1.54, 1.807) is 0 Å². The van der Waals surface area contributed by atoms with Gasteiger partial charge >= 0.3 is 5.97 Å². The number of aliphatic carboxylic acids is 1. The third-order valence-corrected chi connectivity index (χ3v) is 2.97. The summed E-state index contributed by atoms with van der Waals surface area (Å²) in [7, 11) is 0. The highest BCUT2D eigenvalue weighted by atomic mass is 16.6. The molecule has 1 unspecified atom stereocenters. The van der Waals surface area contributed by atoms with E-state index in [1.165, 1.54) is 0 Å². The number of ether oxygens (including phenoxy) is 4. The van der Waals surface area contributed by atoms with E-state index in [-0.39, 0.29) is 26.2 Å². The minimum absolute atomic E-state index is 0.0619. The number of nitrogens with zero attached hydrogens (tertiary/aromatic N) is 1. The largest absolute Gasteiger partial charge is 0.481 e. The van der Waals surface area contributed by atoms with Gasteiger partial charge in [0.15, 0.2) is 6.23 Å². The first-order chi connectivity index (χ1) is 11.6. The third kappa shape index (κ3) is 7.64. The van der Waals surface area contributed by atoms with E-state index in [9.17, 15) is 14.4 Å². The van der Waals surface area contributed by atoms with Crippen molar-refractivity contribution in [3.05, 3.63) is 12.2 Å². The van der Waals surface area contributed by atoms with Crippen molar-refractivity contribution in [2.24, 2.45) is 0 Å². The number of carboxylic acid groups (broad SMARTS) is 1. The van der Waals surface area contributed by atoms with Gasteiger partial charge in [-0.05, 0) is 6.92 Å². The zero-order chi connectivity index (χ0) is 17.8. The number of hydrogen-bond acceptors (Lipinski definition) is 7. The van der Waals surface area contributed by atoms with Gasteiger partial charge < -0.3 is 24.1 Å². The van der Waals surface area contributed by atoms with Gasteiger partial charge in [-0.15, -0.1) is 0 Å². The quantitative estimate of drug-likeness (QED) is 0.340. The highest BCUT2D eigenvalue weighted by Crippen LogP contribution is 2.11. The molecule has 9 heteroatoms. The van der Waals surface area contributed by atoms with E-state index < -0.39 is 24.0 Å². The lowest BCUT2D eigenvalue weighted by Crippen LogP contribution is -2.45. The van der Waals surface area contributed by atoms with Crippen molar-refractivity contribution in [1.29, 1.82) is 0 Å². The molecule has 0 spiro atoms. The first-order valence-electron chi connectivity index (χ1n) is 7.68. The molecule has 24 heavy (non-hydrogen) atoms. The number of hydrogen-bond donors (Lipinski definition) is 1. The fourth-order valence-corrected chi connectivity index (χ4v) is 1.84. The van der Waals surface area contributed by atoms with E-state index in [4.69, 9.17) is 24.1 Å². The third-order valence-electron chi connectivity index (χ3n) is 2.97. The molecule has 0 fully saturated rings. The molecule has 1 rings (SSSR count). The second kappa shape index (κ2) is 11.7. The van der Waals surface area contributed by atoms with E-state index >= 15 is 0 Å². The first-order valence-corrected chi connectivity index (χ1v) is 7.68. The zero-order valence-electron chi connectivity index (χ0n) is 13.6. The van der Waals surface area contributed by atoms with Gasteiger partial charge in [0, 0.05) is 18.8 Å². The molecule has 1 aliphatic rings. The summed E-state index contributed by atoms with van der Waals surface area (Å²) in [6, 6.07) is 0. The zero-order valence-corrected chi connectivity index (χ0v) is 13.6. The number of carboxylic acids is 1. The molecule has 0 aromatic heterocycles. The fourth-order valence-electron chi connectivity index (χ4n) is 1.84. The summed E-state index contributed by atoms with van der Waals surface area (Å²) >= 11 is 0. The lowest BCUT2D eigenvalue weighted by Gasteiger charge is -2.25. The highest BCUT2D eigenvalue weighted by Gasteiger charge is 2.32. The summed E-state index contributed by atoms with van der Waals surface area (Å²) < 4.78 is 21.1. The summed E-state index contributed by atoms with van der Waals surface area (Å²) in [6.45, 7) is 3.84. The normalized spacial score (nSPS) is 15.3. The van der Waals surface area contributed by atoms with Gasteiger partial charge in [-0.1, -0.05) is 0 Å². The maximum atomic E-state index is 11.7. The van der Waals surface area contributed by atoms with Crippen LogP contribution in [-0.4, -0.2) is 80.3 Å². The van der Waals surface area contributed by atoms with E-state index in [1.807, 2.05) is 6.92 Å². The molecule has 1 heterocycles. The van der Waals surface area contributed by atoms with Crippen molar-refractivity contribution in [2.75, 3.05) is 46.2 Å². The van der Waals surface area contributed by atoms with Crippen LogP contribution in [0.4, 0.5) is 0 Å². The molecular formula is C15H23NO8. The molecule has 0 saturated heterocycles. The number of amides is 2. The molecule has 0 bridgehead atoms. The van der Waals surface area contributed by atoms with Gasteiger partial charge in [0.1, 0.15) is 0 Å². The van der Waals surface area contributed by atoms with Gasteiger partial charge in [0.2, 0.25) is 0 Å². The fraction of sp³-hybridized carbons (Fsp3) is 0.667. The molecule has 136 valence electrons. The van der Waals surface area contributed by atoms with Crippen LogP contribution in [0, 0.1) is 0 Å². The molecular weight excluding hydrogens is 322 g/mol. The molecule has 9 nitrogen and oxygen atoms in total. The second-order valence-corrected chi connectivity index (χ2v) is 4.73. The molecule has 0 saturated carbocycles. The van der Waals surface area contributed by atoms with Crippen LogP contribution in [0.3, 0.4) is 0 Å². The monoisotopic (exact) mass is 345 g/mol. The second-order valence-electron chi connectivity index (χ2n) is 4.73. The molecule has 1 atom stereocenters. The maximum absolute atomic E-state index is 11.7. The number of carbonyl (C=O) groups excluding carboxylic acids is 2. The van der Waals surface area contributed by atoms with Crippen LogP contribution < -0.4 is 0 Å². The molecule has 0 aromatic carbocycles. The topological polar surface area (TPSA) is 112 Å². The number of imide groups is 1. The predicted molar refractivity (Wildman–Crippen MR) is 81.1 cm³/mol. The Morgan fingerprint density at radius 2 is 1.62 bits per heavy atom. The van der Waals surface area contributed by atoms with Crippen LogP contribution in [-0.2, 0) is 33.3 Å². The van der Waals surface area contributed by atoms with Crippen LogP contribution >= 0.6 is 0 Å². The Bertz CT molecular complexity index is 433. The number of rotatable bonds is 14. The SMILES string of the molecule is CCOCCOCCOCC(OCCC(=O)O)N1C(=O)C=CC1=O. The minimum Gasteiger partial charge on any atom is -0.481 e. The molecule has 0 aliphatic carbocycles. The van der Waals surface area contributed by atoms with E-state index in [0.29, 0.717) is 26.4 Å². The molecule has 0 aromatic rings. The average molecular weight is 345 g/mol. The van der Waals surface area contributed by atoms with Crippen LogP contribution in [0.25, 0.3) is 0 Å². The van der Waals surface area contributed by atoms with Gasteiger partial charge in [0.05, 0.1) is 46.1 Å². The van der Waals surface area contributed by atoms with Crippen molar-refractivity contribution < 1.29 is 38.4 Å². The van der Waals surface area contributed by atoms with Crippen LogP contribution in [0.5, 0.6) is 0 Å². The van der Waals surface area contributed by atoms with Crippen LogP contribution in [0.2, 0.25) is 0 Å². The summed E-state index contributed by atoms with van der Waals surface area (Å²) in [4.78, 5) is 34.8. The van der Waals surface area contributed by atoms with Crippen molar-refractivity contribution in [1.82, 2.24) is 4.90 Å². The molecule has 1 aliphatic heterocycles. The lowest BCUT2D eigenvalue weighted by molar-refractivity contribution is -0.160. The Morgan fingerprint density at radius 3 is 2.21 bits per heavy atom. The van der Waals surface area contributed by atoms with Crippen LogP contribution in [0.15, 0.2) is 12.2 Å². The highest BCUT2D eigenvalue weighted by molar-refractivity contribution is 6.13. The lowest BCUT2D eigenvalue weighted by atomic mass is 10.4. The maximum Gasteiger partial charge on any atom is 0.305 e. The van der Waals surface area contributed by atoms with Crippen LogP contribution in [0.1, 0.15) is 13.3 Å². The Hall–Kier alpha value is -1.81. The standard InChI is InChI=1S/C15H23NO8/c1-2-21-7-8-22-9-10-23-11-14(24-6-5-15(19)20)16-12(17)3-4-13(16)18/h3-4,14H,2,5-11H2,1H3,(H,19,20). The minimum atomic E-state index is -1.03. The van der Waals surface area contributed by atoms with Gasteiger partial charge in [-0.3, -0.25) is 14.4 Å². The average Bonchev–Trinajstić information content (AvgIpc) is 2.87. The van der Waals surface area contributed by atoms with Crippen molar-refractivity contribution in [3.8, 4) is 0 Å². The number of carbonyl (C=O) groups is 3. The Morgan fingerprint density at radius 1 is 1.04 bits per heavy atom. The van der Waals surface area contributed by atoms with Gasteiger partial charge in [-0.25, -0.2) is 4.90 Å². The van der Waals surface area contributed by atoms with Gasteiger partial charge in [0.25, 0.3) is 11.8 Å². The Labute approximate surface area is 140 Å².